The number of fused-ring (bicyclic) bond motifs is 3. The van der Waals surface area contributed by atoms with Gasteiger partial charge in [0, 0.05) is 23.3 Å². The molecule has 3 aromatic carbocycles. The molecule has 1 fully saturated rings. The van der Waals surface area contributed by atoms with Gasteiger partial charge in [0.05, 0.1) is 6.10 Å². The Morgan fingerprint density at radius 3 is 2.16 bits per heavy atom. The number of ether oxygens (including phenoxy) is 1. The van der Waals surface area contributed by atoms with Gasteiger partial charge in [0.1, 0.15) is 5.82 Å². The third-order valence-electron chi connectivity index (χ3n) is 8.36. The maximum atomic E-state index is 15.4. The van der Waals surface area contributed by atoms with E-state index in [-0.39, 0.29) is 46.3 Å². The molecule has 0 radical (unpaired) electrons. The topological polar surface area (TPSA) is 9.23 Å². The van der Waals surface area contributed by atoms with E-state index in [1.54, 1.807) is 18.2 Å². The Bertz CT molecular complexity index is 1350. The molecular formula is C32H33F5O. The fourth-order valence-corrected chi connectivity index (χ4v) is 6.04. The molecule has 0 amide bonds. The summed E-state index contributed by atoms with van der Waals surface area (Å²) in [6.07, 6.45) is 4.77. The first-order valence-corrected chi connectivity index (χ1v) is 13.7. The maximum Gasteiger partial charge on any atom is 0.167 e. The largest absolute Gasteiger partial charge is 0.378 e. The van der Waals surface area contributed by atoms with Gasteiger partial charge >= 0.3 is 0 Å². The summed E-state index contributed by atoms with van der Waals surface area (Å²) in [5, 5.41) is 0. The average Bonchev–Trinajstić information content (AvgIpc) is 3.28. The van der Waals surface area contributed by atoms with Crippen molar-refractivity contribution in [1.82, 2.24) is 0 Å². The van der Waals surface area contributed by atoms with Crippen LogP contribution in [0.2, 0.25) is 0 Å². The second kappa shape index (κ2) is 10.8. The fraction of sp³-hybridized carbons (Fsp3) is 0.438. The zero-order chi connectivity index (χ0) is 27.1. The van der Waals surface area contributed by atoms with Crippen molar-refractivity contribution in [2.75, 3.05) is 6.61 Å². The Balaban J connectivity index is 1.44. The van der Waals surface area contributed by atoms with Crippen molar-refractivity contribution in [3.05, 3.63) is 81.7 Å². The Kier molecular flexibility index (Phi) is 7.63. The van der Waals surface area contributed by atoms with Gasteiger partial charge in [-0.1, -0.05) is 39.0 Å². The first-order chi connectivity index (χ1) is 18.2. The van der Waals surface area contributed by atoms with E-state index in [0.717, 1.165) is 19.4 Å². The van der Waals surface area contributed by atoms with Crippen molar-refractivity contribution in [3.63, 3.8) is 0 Å². The first kappa shape index (κ1) is 26.9. The van der Waals surface area contributed by atoms with Gasteiger partial charge in [-0.2, -0.15) is 0 Å². The van der Waals surface area contributed by atoms with Crippen LogP contribution in [0, 0.1) is 35.0 Å². The van der Waals surface area contributed by atoms with Gasteiger partial charge in [-0.25, -0.2) is 22.0 Å². The lowest BCUT2D eigenvalue weighted by Gasteiger charge is -2.27. The predicted octanol–water partition coefficient (Wildman–Crippen LogP) is 9.27. The molecule has 0 aromatic heterocycles. The molecule has 2 unspecified atom stereocenters. The highest BCUT2D eigenvalue weighted by Gasteiger charge is 2.33. The lowest BCUT2D eigenvalue weighted by molar-refractivity contribution is -0.0148. The summed E-state index contributed by atoms with van der Waals surface area (Å²) >= 11 is 0. The molecule has 0 bridgehead atoms. The Hall–Kier alpha value is -2.73. The summed E-state index contributed by atoms with van der Waals surface area (Å²) in [6.45, 7) is 6.68. The SMILES string of the molecule is CCC(CC)c1cc2c(c(F)c1F)-c1c(cc(-c3ccc(CCC4CCC(C)CO4)c(F)c3)c(F)c1F)C2. The molecule has 5 rings (SSSR count). The molecule has 2 atom stereocenters. The minimum atomic E-state index is -1.24. The number of aryl methyl sites for hydroxylation is 1. The highest BCUT2D eigenvalue weighted by atomic mass is 19.2. The van der Waals surface area contributed by atoms with Gasteiger partial charge in [-0.3, -0.25) is 0 Å². The Morgan fingerprint density at radius 2 is 1.53 bits per heavy atom. The van der Waals surface area contributed by atoms with Crippen LogP contribution >= 0.6 is 0 Å². The van der Waals surface area contributed by atoms with E-state index >= 15 is 17.6 Å². The van der Waals surface area contributed by atoms with Crippen LogP contribution in [0.25, 0.3) is 22.3 Å². The molecule has 1 heterocycles. The van der Waals surface area contributed by atoms with Crippen LogP contribution in [0.4, 0.5) is 22.0 Å². The summed E-state index contributed by atoms with van der Waals surface area (Å²) < 4.78 is 81.7. The van der Waals surface area contributed by atoms with Gasteiger partial charge in [0.15, 0.2) is 23.3 Å². The van der Waals surface area contributed by atoms with Crippen molar-refractivity contribution >= 4 is 0 Å². The summed E-state index contributed by atoms with van der Waals surface area (Å²) in [6, 6.07) is 7.43. The number of halogens is 5. The number of rotatable bonds is 7. The summed E-state index contributed by atoms with van der Waals surface area (Å²) in [7, 11) is 0. The molecule has 2 aliphatic rings. The van der Waals surface area contributed by atoms with Crippen LogP contribution in [0.3, 0.4) is 0 Å². The molecule has 0 spiro atoms. The predicted molar refractivity (Wildman–Crippen MR) is 140 cm³/mol. The molecule has 3 aromatic rings. The molecule has 1 aliphatic carbocycles. The quantitative estimate of drug-likeness (QED) is 0.217. The van der Waals surface area contributed by atoms with Gasteiger partial charge in [-0.05, 0) is 96.7 Å². The molecule has 0 saturated carbocycles. The number of hydrogen-bond donors (Lipinski definition) is 0. The van der Waals surface area contributed by atoms with E-state index in [2.05, 4.69) is 6.92 Å². The van der Waals surface area contributed by atoms with Crippen LogP contribution in [0.15, 0.2) is 30.3 Å². The molecule has 202 valence electrons. The van der Waals surface area contributed by atoms with Gasteiger partial charge in [-0.15, -0.1) is 0 Å². The fourth-order valence-electron chi connectivity index (χ4n) is 6.04. The number of hydrogen-bond acceptors (Lipinski definition) is 1. The van der Waals surface area contributed by atoms with Crippen LogP contribution in [-0.4, -0.2) is 12.7 Å². The molecule has 1 aliphatic heterocycles. The van der Waals surface area contributed by atoms with E-state index in [1.165, 1.54) is 12.1 Å². The van der Waals surface area contributed by atoms with E-state index in [9.17, 15) is 4.39 Å². The van der Waals surface area contributed by atoms with E-state index in [0.29, 0.717) is 48.3 Å². The maximum absolute atomic E-state index is 15.4. The molecule has 1 nitrogen and oxygen atoms in total. The van der Waals surface area contributed by atoms with Crippen LogP contribution in [-0.2, 0) is 17.6 Å². The van der Waals surface area contributed by atoms with Crippen LogP contribution in [0.5, 0.6) is 0 Å². The monoisotopic (exact) mass is 528 g/mol. The first-order valence-electron chi connectivity index (χ1n) is 13.7. The van der Waals surface area contributed by atoms with E-state index in [4.69, 9.17) is 4.74 Å². The second-order valence-corrected chi connectivity index (χ2v) is 10.9. The van der Waals surface area contributed by atoms with Crippen LogP contribution in [0.1, 0.15) is 81.0 Å². The lowest BCUT2D eigenvalue weighted by Crippen LogP contribution is -2.24. The minimum absolute atomic E-state index is 0.0924. The summed E-state index contributed by atoms with van der Waals surface area (Å²) in [4.78, 5) is 0. The van der Waals surface area contributed by atoms with Crippen molar-refractivity contribution in [1.29, 1.82) is 0 Å². The third kappa shape index (κ3) is 4.76. The van der Waals surface area contributed by atoms with E-state index < -0.39 is 29.1 Å². The molecule has 0 N–H and O–H groups in total. The lowest BCUT2D eigenvalue weighted by atomic mass is 9.90. The van der Waals surface area contributed by atoms with Crippen molar-refractivity contribution in [2.45, 2.75) is 77.7 Å². The third-order valence-corrected chi connectivity index (χ3v) is 8.36. The Labute approximate surface area is 221 Å². The summed E-state index contributed by atoms with van der Waals surface area (Å²) in [5.74, 6) is -4.68. The van der Waals surface area contributed by atoms with Crippen molar-refractivity contribution < 1.29 is 26.7 Å². The Morgan fingerprint density at radius 1 is 0.842 bits per heavy atom. The van der Waals surface area contributed by atoms with Crippen LogP contribution < -0.4 is 0 Å². The average molecular weight is 529 g/mol. The van der Waals surface area contributed by atoms with Gasteiger partial charge in [0.25, 0.3) is 0 Å². The highest BCUT2D eigenvalue weighted by Crippen LogP contribution is 2.46. The standard InChI is InChI=1S/C32H33F5O/c1-4-18(5-2)24-13-21-12-22-14-25(30(35)32(37)28(22)27(21)31(36)29(24)34)20-8-7-19(26(33)15-20)9-11-23-10-6-17(3)16-38-23/h7-8,13-15,17-18,23H,4-6,9-12,16H2,1-3H3. The second-order valence-electron chi connectivity index (χ2n) is 10.9. The molecule has 38 heavy (non-hydrogen) atoms. The summed E-state index contributed by atoms with van der Waals surface area (Å²) in [5.41, 5.74) is 1.23. The molecule has 6 heteroatoms. The van der Waals surface area contributed by atoms with Crippen molar-refractivity contribution in [2.24, 2.45) is 5.92 Å². The smallest absolute Gasteiger partial charge is 0.167 e. The molecular weight excluding hydrogens is 495 g/mol. The normalized spacial score (nSPS) is 18.7. The van der Waals surface area contributed by atoms with Gasteiger partial charge in [0.2, 0.25) is 0 Å². The number of benzene rings is 3. The minimum Gasteiger partial charge on any atom is -0.378 e. The van der Waals surface area contributed by atoms with Gasteiger partial charge < -0.3 is 4.74 Å². The highest BCUT2D eigenvalue weighted by molar-refractivity contribution is 5.82. The zero-order valence-electron chi connectivity index (χ0n) is 22.1. The van der Waals surface area contributed by atoms with E-state index in [1.807, 2.05) is 13.8 Å². The van der Waals surface area contributed by atoms with Crippen molar-refractivity contribution in [3.8, 4) is 22.3 Å². The zero-order valence-corrected chi connectivity index (χ0v) is 22.1. The molecule has 1 saturated heterocycles.